The van der Waals surface area contributed by atoms with Crippen molar-refractivity contribution >= 4 is 0 Å². The molecule has 3 heteroatoms. The summed E-state index contributed by atoms with van der Waals surface area (Å²) in [6.07, 6.45) is 6.18. The molecule has 1 aromatic heterocycles. The Morgan fingerprint density at radius 2 is 2.00 bits per heavy atom. The molecule has 0 bridgehead atoms. The van der Waals surface area contributed by atoms with Gasteiger partial charge in [-0.3, -0.25) is 4.98 Å². The van der Waals surface area contributed by atoms with Gasteiger partial charge in [-0.15, -0.1) is 0 Å². The Kier molecular flexibility index (Phi) is 3.69. The molecule has 1 atom stereocenters. The Morgan fingerprint density at radius 1 is 1.33 bits per heavy atom. The Hall–Kier alpha value is -0.930. The second-order valence-electron chi connectivity index (χ2n) is 4.19. The normalized spacial score (nSPS) is 20.1. The van der Waals surface area contributed by atoms with Gasteiger partial charge >= 0.3 is 0 Å². The highest BCUT2D eigenvalue weighted by Gasteiger charge is 2.15. The smallest absolute Gasteiger partial charge is 0.0295 e. The minimum atomic E-state index is 0.427. The predicted octanol–water partition coefficient (Wildman–Crippen LogP) is 1.48. The summed E-state index contributed by atoms with van der Waals surface area (Å²) in [6.45, 7) is 4.50. The quantitative estimate of drug-likeness (QED) is 0.785. The minimum absolute atomic E-state index is 0.427. The van der Waals surface area contributed by atoms with Gasteiger partial charge in [-0.05, 0) is 50.6 Å². The van der Waals surface area contributed by atoms with E-state index in [1.807, 2.05) is 12.4 Å². The van der Waals surface area contributed by atoms with Crippen LogP contribution in [-0.4, -0.2) is 24.1 Å². The second kappa shape index (κ2) is 5.24. The molecule has 0 aromatic carbocycles. The summed E-state index contributed by atoms with van der Waals surface area (Å²) >= 11 is 0. The van der Waals surface area contributed by atoms with E-state index in [-0.39, 0.29) is 0 Å². The molecule has 0 saturated carbocycles. The fourth-order valence-electron chi connectivity index (χ4n) is 2.09. The van der Waals surface area contributed by atoms with Crippen LogP contribution < -0.4 is 10.6 Å². The molecular formula is C12H19N3. The molecule has 1 saturated heterocycles. The van der Waals surface area contributed by atoms with E-state index in [1.165, 1.54) is 18.4 Å². The van der Waals surface area contributed by atoms with Gasteiger partial charge in [-0.2, -0.15) is 0 Å². The van der Waals surface area contributed by atoms with Crippen molar-refractivity contribution in [3.8, 4) is 0 Å². The summed E-state index contributed by atoms with van der Waals surface area (Å²) in [5.74, 6) is 0. The molecule has 15 heavy (non-hydrogen) atoms. The van der Waals surface area contributed by atoms with E-state index < -0.39 is 0 Å². The molecule has 2 N–H and O–H groups in total. The van der Waals surface area contributed by atoms with Gasteiger partial charge in [-0.1, -0.05) is 0 Å². The fourth-order valence-corrected chi connectivity index (χ4v) is 2.09. The summed E-state index contributed by atoms with van der Waals surface area (Å²) in [6, 6.07) is 5.25. The fraction of sp³-hybridized carbons (Fsp3) is 0.583. The maximum atomic E-state index is 4.04. The molecular weight excluding hydrogens is 186 g/mol. The number of piperidine rings is 1. The van der Waals surface area contributed by atoms with Crippen molar-refractivity contribution in [1.29, 1.82) is 0 Å². The molecule has 2 heterocycles. The zero-order valence-electron chi connectivity index (χ0n) is 9.24. The third-order valence-electron chi connectivity index (χ3n) is 3.03. The maximum absolute atomic E-state index is 4.04. The number of aromatic nitrogens is 1. The minimum Gasteiger partial charge on any atom is -0.317 e. The maximum Gasteiger partial charge on any atom is 0.0295 e. The van der Waals surface area contributed by atoms with Gasteiger partial charge in [0.05, 0.1) is 0 Å². The summed E-state index contributed by atoms with van der Waals surface area (Å²) in [7, 11) is 0. The van der Waals surface area contributed by atoms with Crippen LogP contribution in [0.1, 0.15) is 31.4 Å². The second-order valence-corrected chi connectivity index (χ2v) is 4.19. The summed E-state index contributed by atoms with van der Waals surface area (Å²) in [5, 5.41) is 7.05. The van der Waals surface area contributed by atoms with Gasteiger partial charge in [0, 0.05) is 24.5 Å². The topological polar surface area (TPSA) is 37.0 Å². The number of rotatable bonds is 3. The molecule has 0 aliphatic carbocycles. The predicted molar refractivity (Wildman–Crippen MR) is 61.7 cm³/mol. The molecule has 0 amide bonds. The van der Waals surface area contributed by atoms with Crippen LogP contribution in [0.4, 0.5) is 0 Å². The van der Waals surface area contributed by atoms with E-state index in [0.717, 1.165) is 13.1 Å². The first-order valence-corrected chi connectivity index (χ1v) is 5.73. The molecule has 2 rings (SSSR count). The first-order chi connectivity index (χ1) is 7.36. The highest BCUT2D eigenvalue weighted by molar-refractivity contribution is 5.14. The molecule has 0 radical (unpaired) electrons. The lowest BCUT2D eigenvalue weighted by Gasteiger charge is -2.27. The van der Waals surface area contributed by atoms with E-state index in [2.05, 4.69) is 34.7 Å². The zero-order valence-corrected chi connectivity index (χ0v) is 9.24. The first kappa shape index (κ1) is 10.6. The van der Waals surface area contributed by atoms with Crippen LogP contribution in [0.15, 0.2) is 24.5 Å². The van der Waals surface area contributed by atoms with E-state index in [4.69, 9.17) is 0 Å². The van der Waals surface area contributed by atoms with E-state index in [0.29, 0.717) is 12.1 Å². The Labute approximate surface area is 91.3 Å². The third-order valence-corrected chi connectivity index (χ3v) is 3.03. The van der Waals surface area contributed by atoms with Crippen molar-refractivity contribution in [2.24, 2.45) is 0 Å². The van der Waals surface area contributed by atoms with Crippen molar-refractivity contribution in [2.75, 3.05) is 13.1 Å². The largest absolute Gasteiger partial charge is 0.317 e. The Morgan fingerprint density at radius 3 is 2.67 bits per heavy atom. The van der Waals surface area contributed by atoms with Gasteiger partial charge in [-0.25, -0.2) is 0 Å². The van der Waals surface area contributed by atoms with Gasteiger partial charge < -0.3 is 10.6 Å². The third kappa shape index (κ3) is 3.01. The molecule has 82 valence electrons. The lowest BCUT2D eigenvalue weighted by molar-refractivity contribution is 0.359. The summed E-state index contributed by atoms with van der Waals surface area (Å²) in [4.78, 5) is 4.04. The van der Waals surface area contributed by atoms with Gasteiger partial charge in [0.2, 0.25) is 0 Å². The van der Waals surface area contributed by atoms with Crippen LogP contribution in [0.5, 0.6) is 0 Å². The molecule has 1 aliphatic rings. The van der Waals surface area contributed by atoms with Crippen molar-refractivity contribution in [3.63, 3.8) is 0 Å². The number of hydrogen-bond donors (Lipinski definition) is 2. The molecule has 0 unspecified atom stereocenters. The van der Waals surface area contributed by atoms with E-state index >= 15 is 0 Å². The van der Waals surface area contributed by atoms with Crippen LogP contribution >= 0.6 is 0 Å². The van der Waals surface area contributed by atoms with E-state index in [9.17, 15) is 0 Å². The van der Waals surface area contributed by atoms with Crippen molar-refractivity contribution in [2.45, 2.75) is 31.8 Å². The number of hydrogen-bond acceptors (Lipinski definition) is 3. The van der Waals surface area contributed by atoms with E-state index in [1.54, 1.807) is 0 Å². The standard InChI is InChI=1S/C12H19N3/c1-10(11-2-6-13-7-3-11)15-12-4-8-14-9-5-12/h2-3,6-7,10,12,14-15H,4-5,8-9H2,1H3/t10-/m1/s1. The van der Waals surface area contributed by atoms with Crippen LogP contribution in [0.2, 0.25) is 0 Å². The van der Waals surface area contributed by atoms with Crippen LogP contribution in [0, 0.1) is 0 Å². The average molecular weight is 205 g/mol. The number of nitrogens with one attached hydrogen (secondary N) is 2. The monoisotopic (exact) mass is 205 g/mol. The molecule has 0 spiro atoms. The van der Waals surface area contributed by atoms with Crippen LogP contribution in [0.25, 0.3) is 0 Å². The highest BCUT2D eigenvalue weighted by Crippen LogP contribution is 2.14. The SMILES string of the molecule is C[C@@H](NC1CCNCC1)c1ccncc1. The first-order valence-electron chi connectivity index (χ1n) is 5.73. The summed E-state index contributed by atoms with van der Waals surface area (Å²) in [5.41, 5.74) is 1.32. The molecule has 3 nitrogen and oxygen atoms in total. The number of pyridine rings is 1. The molecule has 1 aromatic rings. The van der Waals surface area contributed by atoms with Gasteiger partial charge in [0.25, 0.3) is 0 Å². The number of nitrogens with zero attached hydrogens (tertiary/aromatic N) is 1. The van der Waals surface area contributed by atoms with Gasteiger partial charge in [0.15, 0.2) is 0 Å². The Balaban J connectivity index is 1.88. The lowest BCUT2D eigenvalue weighted by Crippen LogP contribution is -2.40. The summed E-state index contributed by atoms with van der Waals surface area (Å²) < 4.78 is 0. The van der Waals surface area contributed by atoms with Crippen LogP contribution in [-0.2, 0) is 0 Å². The van der Waals surface area contributed by atoms with Crippen molar-refractivity contribution in [3.05, 3.63) is 30.1 Å². The Bertz CT molecular complexity index is 280. The lowest BCUT2D eigenvalue weighted by atomic mass is 10.0. The van der Waals surface area contributed by atoms with Crippen molar-refractivity contribution < 1.29 is 0 Å². The molecule has 1 aliphatic heterocycles. The average Bonchev–Trinajstić information content (AvgIpc) is 2.31. The van der Waals surface area contributed by atoms with Gasteiger partial charge in [0.1, 0.15) is 0 Å². The molecule has 1 fully saturated rings. The van der Waals surface area contributed by atoms with Crippen LogP contribution in [0.3, 0.4) is 0 Å². The zero-order chi connectivity index (χ0) is 10.5. The highest BCUT2D eigenvalue weighted by atomic mass is 15.0. The van der Waals surface area contributed by atoms with Crippen molar-refractivity contribution in [1.82, 2.24) is 15.6 Å².